The summed E-state index contributed by atoms with van der Waals surface area (Å²) in [7, 11) is 0. The minimum atomic E-state index is 0.217. The first kappa shape index (κ1) is 40.7. The van der Waals surface area contributed by atoms with E-state index in [1.54, 1.807) is 0 Å². The van der Waals surface area contributed by atoms with Crippen LogP contribution in [-0.4, -0.2) is 44.0 Å². The maximum atomic E-state index is 11.7. The summed E-state index contributed by atoms with van der Waals surface area (Å²) in [6.45, 7) is 0. The molecule has 0 aliphatic heterocycles. The van der Waals surface area contributed by atoms with Gasteiger partial charge in [-0.05, 0) is 127 Å². The number of fused-ring (bicyclic) bond motifs is 12. The minimum absolute atomic E-state index is 0.217. The predicted octanol–water partition coefficient (Wildman–Crippen LogP) is 15.2. The Hall–Kier alpha value is -10.2. The van der Waals surface area contributed by atoms with Crippen LogP contribution in [0.5, 0.6) is 17.2 Å². The average Bonchev–Trinajstić information content (AvgIpc) is 4.08. The summed E-state index contributed by atoms with van der Waals surface area (Å²) >= 11 is 0. The zero-order valence-corrected chi connectivity index (χ0v) is 38.8. The van der Waals surface area contributed by atoms with Crippen LogP contribution in [0.25, 0.3) is 116 Å². The van der Waals surface area contributed by atoms with Gasteiger partial charge in [-0.15, -0.1) is 0 Å². The molecule has 15 aromatic rings. The van der Waals surface area contributed by atoms with Gasteiger partial charge in [0.2, 0.25) is 0 Å². The maximum absolute atomic E-state index is 11.7. The van der Waals surface area contributed by atoms with E-state index < -0.39 is 0 Å². The Bertz CT molecular complexity index is 4280. The van der Waals surface area contributed by atoms with Crippen molar-refractivity contribution in [2.24, 2.45) is 0 Å². The molecule has 0 saturated carbocycles. The fourth-order valence-corrected chi connectivity index (χ4v) is 11.2. The Balaban J connectivity index is 0.897. The van der Waals surface area contributed by atoms with Gasteiger partial charge < -0.3 is 20.2 Å². The van der Waals surface area contributed by atoms with Gasteiger partial charge in [0.1, 0.15) is 34.2 Å². The number of benzene rings is 9. The maximum Gasteiger partial charge on any atom is 0.150 e. The summed E-state index contributed by atoms with van der Waals surface area (Å²) in [5, 5.41) is 42.2. The molecule has 0 unspecified atom stereocenters. The van der Waals surface area contributed by atoms with E-state index in [2.05, 4.69) is 110 Å². The monoisotopic (exact) mass is 941 g/mol. The highest BCUT2D eigenvalue weighted by atomic mass is 16.3. The van der Waals surface area contributed by atoms with Crippen molar-refractivity contribution in [2.45, 2.75) is 0 Å². The van der Waals surface area contributed by atoms with Crippen molar-refractivity contribution in [3.8, 4) is 34.3 Å². The molecule has 0 aliphatic rings. The summed E-state index contributed by atoms with van der Waals surface area (Å²) < 4.78 is 6.36. The summed E-state index contributed by atoms with van der Waals surface area (Å²) in [5.74, 6) is 0.650. The normalized spacial score (nSPS) is 12.0. The molecule has 0 radical (unpaired) electrons. The Labute approximate surface area is 415 Å². The van der Waals surface area contributed by atoms with Crippen molar-refractivity contribution in [3.63, 3.8) is 0 Å². The van der Waals surface area contributed by atoms with Crippen LogP contribution < -0.4 is 4.90 Å². The van der Waals surface area contributed by atoms with Crippen LogP contribution in [-0.2, 0) is 0 Å². The van der Waals surface area contributed by atoms with E-state index in [-0.39, 0.29) is 17.2 Å². The Morgan fingerprint density at radius 2 is 0.521 bits per heavy atom. The Kier molecular flexibility index (Phi) is 8.58. The first-order valence-electron chi connectivity index (χ1n) is 24.1. The van der Waals surface area contributed by atoms with Crippen LogP contribution in [0.4, 0.5) is 17.1 Å². The molecule has 0 saturated heterocycles. The number of para-hydroxylation sites is 6. The zero-order chi connectivity index (χ0) is 48.5. The zero-order valence-electron chi connectivity index (χ0n) is 38.8. The van der Waals surface area contributed by atoms with E-state index in [9.17, 15) is 15.3 Å². The van der Waals surface area contributed by atoms with Crippen molar-refractivity contribution in [1.82, 2.24) is 28.7 Å². The second-order valence-corrected chi connectivity index (χ2v) is 18.5. The third kappa shape index (κ3) is 5.89. The number of pyridine rings is 3. The molecule has 0 bridgehead atoms. The largest absolute Gasteiger partial charge is 0.506 e. The standard InChI is InChI=1S/C63H39N7O3/c71-58-43-13-1-7-19-49(43)64-61-55(58)46-16-4-10-22-52(46)68(61)40-31-25-37(26-32-40)67(38-27-33-41(34-28-38)69-53-23-11-5-17-47(53)56-59(72)44-14-2-8-20-50(44)65-62(56)69)39-29-35-42(36-30-39)70-54-24-12-6-18-48(54)57-60(73)45-15-3-9-21-51(45)66-63(57)70/h1-36H,(H,64,71)(H,65,72)(H,66,73). The van der Waals surface area contributed by atoms with Gasteiger partial charge in [0.05, 0.1) is 49.3 Å². The van der Waals surface area contributed by atoms with Crippen molar-refractivity contribution in [3.05, 3.63) is 218 Å². The van der Waals surface area contributed by atoms with Gasteiger partial charge >= 0.3 is 0 Å². The highest BCUT2D eigenvalue weighted by molar-refractivity contribution is 6.18. The van der Waals surface area contributed by atoms with Gasteiger partial charge in [0.15, 0.2) is 0 Å². The molecule has 6 aromatic heterocycles. The van der Waals surface area contributed by atoms with E-state index in [1.807, 2.05) is 127 Å². The molecule has 73 heavy (non-hydrogen) atoms. The lowest BCUT2D eigenvalue weighted by Crippen LogP contribution is -2.10. The highest BCUT2D eigenvalue weighted by Gasteiger charge is 2.24. The van der Waals surface area contributed by atoms with Crippen LogP contribution in [0.1, 0.15) is 0 Å². The van der Waals surface area contributed by atoms with E-state index in [0.29, 0.717) is 49.3 Å². The van der Waals surface area contributed by atoms with Crippen molar-refractivity contribution in [2.75, 3.05) is 4.90 Å². The van der Waals surface area contributed by atoms with Gasteiger partial charge in [-0.1, -0.05) is 91.0 Å². The molecule has 344 valence electrons. The van der Waals surface area contributed by atoms with Gasteiger partial charge in [-0.25, -0.2) is 15.0 Å². The van der Waals surface area contributed by atoms with E-state index in [0.717, 1.165) is 83.4 Å². The molecule has 0 fully saturated rings. The number of rotatable bonds is 6. The van der Waals surface area contributed by atoms with Crippen molar-refractivity contribution >= 4 is 116 Å². The van der Waals surface area contributed by atoms with Gasteiger partial charge in [0.25, 0.3) is 0 Å². The Morgan fingerprint density at radius 1 is 0.274 bits per heavy atom. The first-order valence-corrected chi connectivity index (χ1v) is 24.1. The molecule has 0 aliphatic carbocycles. The lowest BCUT2D eigenvalue weighted by molar-refractivity contribution is 0.487. The first-order chi connectivity index (χ1) is 36.0. The fraction of sp³-hybridized carbons (Fsp3) is 0. The Morgan fingerprint density at radius 3 is 0.808 bits per heavy atom. The number of aromatic hydroxyl groups is 3. The van der Waals surface area contributed by atoms with Crippen LogP contribution in [0, 0.1) is 0 Å². The lowest BCUT2D eigenvalue weighted by Gasteiger charge is -2.26. The average molecular weight is 942 g/mol. The van der Waals surface area contributed by atoms with E-state index in [1.165, 1.54) is 0 Å². The topological polar surface area (TPSA) is 117 Å². The molecule has 3 N–H and O–H groups in total. The third-order valence-electron chi connectivity index (χ3n) is 14.5. The van der Waals surface area contributed by atoms with Crippen molar-refractivity contribution in [1.29, 1.82) is 0 Å². The summed E-state index contributed by atoms with van der Waals surface area (Å²) in [6.07, 6.45) is 0. The van der Waals surface area contributed by atoms with E-state index in [4.69, 9.17) is 15.0 Å². The second kappa shape index (κ2) is 15.4. The molecule has 10 heteroatoms. The number of nitrogens with zero attached hydrogens (tertiary/aromatic N) is 7. The van der Waals surface area contributed by atoms with E-state index >= 15 is 0 Å². The van der Waals surface area contributed by atoms with Crippen molar-refractivity contribution < 1.29 is 15.3 Å². The molecular weight excluding hydrogens is 903 g/mol. The van der Waals surface area contributed by atoms with Gasteiger partial charge in [-0.3, -0.25) is 13.7 Å². The number of hydrogen-bond donors (Lipinski definition) is 3. The molecule has 9 aromatic carbocycles. The fourth-order valence-electron chi connectivity index (χ4n) is 11.2. The minimum Gasteiger partial charge on any atom is -0.506 e. The number of hydrogen-bond acceptors (Lipinski definition) is 7. The highest BCUT2D eigenvalue weighted by Crippen LogP contribution is 2.45. The van der Waals surface area contributed by atoms with Gasteiger partial charge in [0, 0.05) is 66.4 Å². The molecule has 10 nitrogen and oxygen atoms in total. The second-order valence-electron chi connectivity index (χ2n) is 18.5. The molecule has 15 rings (SSSR count). The predicted molar refractivity (Wildman–Crippen MR) is 295 cm³/mol. The van der Waals surface area contributed by atoms with Gasteiger partial charge in [-0.2, -0.15) is 0 Å². The molecule has 0 spiro atoms. The summed E-state index contributed by atoms with van der Waals surface area (Å²) in [6, 6.07) is 72.8. The molecule has 0 amide bonds. The third-order valence-corrected chi connectivity index (χ3v) is 14.5. The molecular formula is C63H39N7O3. The van der Waals surface area contributed by atoms with Crippen LogP contribution >= 0.6 is 0 Å². The summed E-state index contributed by atoms with van der Waals surface area (Å²) in [4.78, 5) is 17.6. The quantitative estimate of drug-likeness (QED) is 0.152. The lowest BCUT2D eigenvalue weighted by atomic mass is 10.1. The summed E-state index contributed by atoms with van der Waals surface area (Å²) in [5.41, 5.74) is 12.4. The smallest absolute Gasteiger partial charge is 0.150 e. The van der Waals surface area contributed by atoms with Crippen LogP contribution in [0.2, 0.25) is 0 Å². The van der Waals surface area contributed by atoms with Crippen LogP contribution in [0.15, 0.2) is 218 Å². The molecule has 0 atom stereocenters. The SMILES string of the molecule is Oc1c2ccccc2nc2c1c1ccccc1n2-c1ccc(N(c2ccc(-n3c4ccccc4c4c(O)c5ccccc5nc43)cc2)c2ccc(-n3c4ccccc4c4c(O)c5ccccc5nc43)cc2)cc1. The molecule has 6 heterocycles. The van der Waals surface area contributed by atoms with Crippen LogP contribution in [0.3, 0.4) is 0 Å². The number of anilines is 3. The number of aromatic nitrogens is 6.